The number of amides is 2. The number of nitrogens with zero attached hydrogens (tertiary/aromatic N) is 3. The van der Waals surface area contributed by atoms with E-state index in [1.165, 1.54) is 0 Å². The minimum absolute atomic E-state index is 0.0587. The topological polar surface area (TPSA) is 66.7 Å². The number of hydrogen-bond acceptors (Lipinski definition) is 4. The fourth-order valence-corrected chi connectivity index (χ4v) is 2.73. The van der Waals surface area contributed by atoms with Crippen molar-refractivity contribution in [2.45, 2.75) is 39.5 Å². The molecule has 0 aliphatic rings. The van der Waals surface area contributed by atoms with Crippen molar-refractivity contribution < 1.29 is 14.0 Å². The van der Waals surface area contributed by atoms with Gasteiger partial charge in [-0.25, -0.2) is 4.98 Å². The molecule has 26 heavy (non-hydrogen) atoms. The first-order valence-electron chi connectivity index (χ1n) is 9.19. The van der Waals surface area contributed by atoms with Crippen molar-refractivity contribution in [1.82, 2.24) is 14.8 Å². The predicted molar refractivity (Wildman–Crippen MR) is 102 cm³/mol. The molecular weight excluding hydrogens is 330 g/mol. The van der Waals surface area contributed by atoms with Crippen LogP contribution in [0.5, 0.6) is 0 Å². The molecule has 0 saturated carbocycles. The summed E-state index contributed by atoms with van der Waals surface area (Å²) in [5.41, 5.74) is 1.56. The van der Waals surface area contributed by atoms with Gasteiger partial charge in [0.25, 0.3) is 0 Å². The Kier molecular flexibility index (Phi) is 7.18. The van der Waals surface area contributed by atoms with E-state index in [4.69, 9.17) is 4.42 Å². The van der Waals surface area contributed by atoms with E-state index in [0.29, 0.717) is 44.2 Å². The third-order valence-electron chi connectivity index (χ3n) is 4.31. The Morgan fingerprint density at radius 1 is 1.08 bits per heavy atom. The monoisotopic (exact) mass is 359 g/mol. The SMILES string of the molecule is CC(C)CC(=O)N(C)CCCN(C)C(=O)CCc1nc2ccccc2o1. The van der Waals surface area contributed by atoms with Crippen LogP contribution < -0.4 is 0 Å². The van der Waals surface area contributed by atoms with Gasteiger partial charge in [-0.1, -0.05) is 26.0 Å². The molecule has 0 saturated heterocycles. The molecule has 0 N–H and O–H groups in total. The summed E-state index contributed by atoms with van der Waals surface area (Å²) in [6.07, 6.45) is 2.19. The lowest BCUT2D eigenvalue weighted by molar-refractivity contribution is -0.130. The summed E-state index contributed by atoms with van der Waals surface area (Å²) in [5.74, 6) is 1.17. The predicted octanol–water partition coefficient (Wildman–Crippen LogP) is 3.11. The summed E-state index contributed by atoms with van der Waals surface area (Å²) in [6.45, 7) is 5.37. The van der Waals surface area contributed by atoms with Crippen molar-refractivity contribution in [1.29, 1.82) is 0 Å². The molecule has 2 aromatic rings. The Morgan fingerprint density at radius 3 is 2.38 bits per heavy atom. The molecule has 1 aromatic heterocycles. The van der Waals surface area contributed by atoms with E-state index in [2.05, 4.69) is 4.98 Å². The first-order chi connectivity index (χ1) is 12.4. The molecule has 0 radical (unpaired) electrons. The van der Waals surface area contributed by atoms with Gasteiger partial charge in [0, 0.05) is 46.4 Å². The van der Waals surface area contributed by atoms with E-state index in [-0.39, 0.29) is 11.8 Å². The summed E-state index contributed by atoms with van der Waals surface area (Å²) in [5, 5.41) is 0. The fourth-order valence-electron chi connectivity index (χ4n) is 2.73. The van der Waals surface area contributed by atoms with Gasteiger partial charge >= 0.3 is 0 Å². The number of benzene rings is 1. The summed E-state index contributed by atoms with van der Waals surface area (Å²) >= 11 is 0. The lowest BCUT2D eigenvalue weighted by Gasteiger charge is -2.21. The highest BCUT2D eigenvalue weighted by molar-refractivity contribution is 5.77. The lowest BCUT2D eigenvalue weighted by atomic mass is 10.1. The fraction of sp³-hybridized carbons (Fsp3) is 0.550. The van der Waals surface area contributed by atoms with Crippen LogP contribution in [0.4, 0.5) is 0 Å². The number of oxazole rings is 1. The van der Waals surface area contributed by atoms with E-state index >= 15 is 0 Å². The van der Waals surface area contributed by atoms with Crippen LogP contribution in [-0.4, -0.2) is 53.8 Å². The smallest absolute Gasteiger partial charge is 0.222 e. The van der Waals surface area contributed by atoms with Crippen molar-refractivity contribution in [3.63, 3.8) is 0 Å². The average molecular weight is 359 g/mol. The Bertz CT molecular complexity index is 706. The van der Waals surface area contributed by atoms with E-state index < -0.39 is 0 Å². The van der Waals surface area contributed by atoms with Crippen LogP contribution in [0.3, 0.4) is 0 Å². The number of carbonyl (C=O) groups excluding carboxylic acids is 2. The Labute approximate surface area is 155 Å². The van der Waals surface area contributed by atoms with Crippen LogP contribution in [0, 0.1) is 5.92 Å². The normalized spacial score (nSPS) is 11.1. The number of carbonyl (C=O) groups is 2. The summed E-state index contributed by atoms with van der Waals surface area (Å²) < 4.78 is 5.64. The molecule has 2 rings (SSSR count). The van der Waals surface area contributed by atoms with Gasteiger partial charge < -0.3 is 14.2 Å². The maximum atomic E-state index is 12.3. The van der Waals surface area contributed by atoms with Crippen molar-refractivity contribution in [2.24, 2.45) is 5.92 Å². The second-order valence-corrected chi connectivity index (χ2v) is 7.16. The zero-order valence-corrected chi connectivity index (χ0v) is 16.2. The van der Waals surface area contributed by atoms with Gasteiger partial charge in [0.2, 0.25) is 11.8 Å². The third kappa shape index (κ3) is 5.86. The number of aryl methyl sites for hydroxylation is 1. The second kappa shape index (κ2) is 9.36. The molecule has 0 fully saturated rings. The number of hydrogen-bond donors (Lipinski definition) is 0. The zero-order valence-electron chi connectivity index (χ0n) is 16.2. The van der Waals surface area contributed by atoms with Crippen LogP contribution in [-0.2, 0) is 16.0 Å². The molecule has 2 amide bonds. The van der Waals surface area contributed by atoms with E-state index in [0.717, 1.165) is 17.5 Å². The largest absolute Gasteiger partial charge is 0.441 e. The number of aromatic nitrogens is 1. The average Bonchev–Trinajstić information content (AvgIpc) is 3.01. The second-order valence-electron chi connectivity index (χ2n) is 7.16. The highest BCUT2D eigenvalue weighted by Crippen LogP contribution is 2.16. The van der Waals surface area contributed by atoms with Gasteiger partial charge in [0.05, 0.1) is 0 Å². The molecular formula is C20H29N3O3. The van der Waals surface area contributed by atoms with Gasteiger partial charge in [0.15, 0.2) is 11.5 Å². The molecule has 6 nitrogen and oxygen atoms in total. The molecule has 0 aliphatic carbocycles. The number of para-hydroxylation sites is 2. The summed E-state index contributed by atoms with van der Waals surface area (Å²) in [6, 6.07) is 7.58. The van der Waals surface area contributed by atoms with E-state index in [1.54, 1.807) is 16.8 Å². The molecule has 1 heterocycles. The van der Waals surface area contributed by atoms with Gasteiger partial charge in [-0.2, -0.15) is 0 Å². The molecule has 6 heteroatoms. The Morgan fingerprint density at radius 2 is 1.73 bits per heavy atom. The van der Waals surface area contributed by atoms with Crippen molar-refractivity contribution in [3.05, 3.63) is 30.2 Å². The Balaban J connectivity index is 1.71. The van der Waals surface area contributed by atoms with Gasteiger partial charge in [-0.05, 0) is 24.5 Å². The molecule has 0 aliphatic heterocycles. The maximum Gasteiger partial charge on any atom is 0.222 e. The van der Waals surface area contributed by atoms with Crippen LogP contribution in [0.15, 0.2) is 28.7 Å². The quantitative estimate of drug-likeness (QED) is 0.690. The van der Waals surface area contributed by atoms with E-state index in [1.807, 2.05) is 45.2 Å². The lowest BCUT2D eigenvalue weighted by Crippen LogP contribution is -2.33. The van der Waals surface area contributed by atoms with Crippen LogP contribution in [0.1, 0.15) is 39.0 Å². The van der Waals surface area contributed by atoms with Crippen LogP contribution in [0.25, 0.3) is 11.1 Å². The molecule has 0 spiro atoms. The molecule has 142 valence electrons. The van der Waals surface area contributed by atoms with Crippen LogP contribution in [0.2, 0.25) is 0 Å². The third-order valence-corrected chi connectivity index (χ3v) is 4.31. The van der Waals surface area contributed by atoms with Crippen LogP contribution >= 0.6 is 0 Å². The highest BCUT2D eigenvalue weighted by atomic mass is 16.3. The molecule has 0 unspecified atom stereocenters. The molecule has 0 bridgehead atoms. The zero-order chi connectivity index (χ0) is 19.1. The van der Waals surface area contributed by atoms with Crippen molar-refractivity contribution in [3.8, 4) is 0 Å². The Hall–Kier alpha value is -2.37. The maximum absolute atomic E-state index is 12.3. The van der Waals surface area contributed by atoms with Crippen molar-refractivity contribution >= 4 is 22.9 Å². The van der Waals surface area contributed by atoms with Gasteiger partial charge in [-0.3, -0.25) is 9.59 Å². The summed E-state index contributed by atoms with van der Waals surface area (Å²) in [7, 11) is 3.62. The molecule has 1 aromatic carbocycles. The number of fused-ring (bicyclic) bond motifs is 1. The number of rotatable bonds is 9. The molecule has 0 atom stereocenters. The first-order valence-corrected chi connectivity index (χ1v) is 9.19. The minimum atomic E-state index is 0.0587. The van der Waals surface area contributed by atoms with E-state index in [9.17, 15) is 9.59 Å². The van der Waals surface area contributed by atoms with Crippen molar-refractivity contribution in [2.75, 3.05) is 27.2 Å². The summed E-state index contributed by atoms with van der Waals surface area (Å²) in [4.78, 5) is 32.0. The van der Waals surface area contributed by atoms with Gasteiger partial charge in [0.1, 0.15) is 5.52 Å². The standard InChI is InChI=1S/C20H29N3O3/c1-15(2)14-20(25)23(4)13-7-12-22(3)19(24)11-10-18-21-16-8-5-6-9-17(16)26-18/h5-6,8-9,15H,7,10-14H2,1-4H3. The highest BCUT2D eigenvalue weighted by Gasteiger charge is 2.14. The minimum Gasteiger partial charge on any atom is -0.441 e. The first kappa shape index (κ1) is 19.9. The van der Waals surface area contributed by atoms with Gasteiger partial charge in [-0.15, -0.1) is 0 Å².